The maximum Gasteiger partial charge on any atom is 0.216 e. The average Bonchev–Trinajstić information content (AvgIpc) is 2.48. The van der Waals surface area contributed by atoms with E-state index < -0.39 is 10.0 Å². The fourth-order valence-electron chi connectivity index (χ4n) is 2.73. The predicted molar refractivity (Wildman–Crippen MR) is 82.6 cm³/mol. The van der Waals surface area contributed by atoms with Gasteiger partial charge in [0.25, 0.3) is 0 Å². The Hall–Kier alpha value is -0.860. The summed E-state index contributed by atoms with van der Waals surface area (Å²) in [6.07, 6.45) is 2.33. The van der Waals surface area contributed by atoms with E-state index in [-0.39, 0.29) is 12.3 Å². The van der Waals surface area contributed by atoms with Crippen LogP contribution in [-0.4, -0.2) is 75.3 Å². The van der Waals surface area contributed by atoms with Gasteiger partial charge in [-0.05, 0) is 18.8 Å². The molecule has 0 aromatic carbocycles. The number of hydrogen-bond acceptors (Lipinski definition) is 4. The number of aliphatic imine (C=N–C) groups is 1. The van der Waals surface area contributed by atoms with Crippen LogP contribution in [0.15, 0.2) is 4.99 Å². The first-order valence-electron chi connectivity index (χ1n) is 7.59. The highest BCUT2D eigenvalue weighted by Crippen LogP contribution is 2.14. The smallest absolute Gasteiger partial charge is 0.216 e. The Morgan fingerprint density at radius 3 is 2.71 bits per heavy atom. The Bertz CT molecular complexity index is 460. The fourth-order valence-corrected chi connectivity index (χ4v) is 4.01. The number of rotatable bonds is 4. The fraction of sp³-hybridized carbons (Fsp3) is 0.923. The molecule has 7 nitrogen and oxygen atoms in total. The summed E-state index contributed by atoms with van der Waals surface area (Å²) in [5, 5.41) is 0. The van der Waals surface area contributed by atoms with Crippen molar-refractivity contribution < 1.29 is 13.2 Å². The van der Waals surface area contributed by atoms with E-state index in [9.17, 15) is 8.42 Å². The first-order valence-corrected chi connectivity index (χ1v) is 9.20. The maximum absolute atomic E-state index is 12.1. The molecule has 122 valence electrons. The number of piperidine rings is 1. The van der Waals surface area contributed by atoms with Gasteiger partial charge in [-0.25, -0.2) is 8.42 Å². The summed E-state index contributed by atoms with van der Waals surface area (Å²) in [5.41, 5.74) is 5.97. The Kier molecular flexibility index (Phi) is 5.83. The normalized spacial score (nSPS) is 26.0. The quantitative estimate of drug-likeness (QED) is 0.568. The largest absolute Gasteiger partial charge is 0.379 e. The second-order valence-electron chi connectivity index (χ2n) is 5.76. The van der Waals surface area contributed by atoms with Gasteiger partial charge in [-0.3, -0.25) is 4.99 Å². The molecule has 0 radical (unpaired) electrons. The topological polar surface area (TPSA) is 88.2 Å². The van der Waals surface area contributed by atoms with Crippen LogP contribution in [0.3, 0.4) is 0 Å². The highest BCUT2D eigenvalue weighted by atomic mass is 32.2. The van der Waals surface area contributed by atoms with E-state index in [1.54, 1.807) is 0 Å². The molecule has 1 unspecified atom stereocenters. The zero-order chi connectivity index (χ0) is 15.3. The molecule has 2 aliphatic rings. The lowest BCUT2D eigenvalue weighted by atomic mass is 10.0. The highest BCUT2D eigenvalue weighted by molar-refractivity contribution is 7.89. The van der Waals surface area contributed by atoms with Crippen LogP contribution in [0, 0.1) is 5.92 Å². The van der Waals surface area contributed by atoms with Crippen molar-refractivity contribution in [3.05, 3.63) is 0 Å². The van der Waals surface area contributed by atoms with Crippen LogP contribution in [0.5, 0.6) is 0 Å². The van der Waals surface area contributed by atoms with Crippen molar-refractivity contribution in [3.63, 3.8) is 0 Å². The lowest BCUT2D eigenvalue weighted by molar-refractivity contribution is 0.0731. The number of guanidine groups is 1. The Morgan fingerprint density at radius 1 is 1.33 bits per heavy atom. The summed E-state index contributed by atoms with van der Waals surface area (Å²) in [6, 6.07) is 0. The molecular weight excluding hydrogens is 292 g/mol. The van der Waals surface area contributed by atoms with Gasteiger partial charge >= 0.3 is 0 Å². The Labute approximate surface area is 127 Å². The molecule has 2 heterocycles. The molecule has 21 heavy (non-hydrogen) atoms. The van der Waals surface area contributed by atoms with E-state index in [2.05, 4.69) is 16.8 Å². The second-order valence-corrected chi connectivity index (χ2v) is 7.85. The van der Waals surface area contributed by atoms with E-state index in [1.807, 2.05) is 0 Å². The van der Waals surface area contributed by atoms with Crippen LogP contribution in [0.2, 0.25) is 0 Å². The summed E-state index contributed by atoms with van der Waals surface area (Å²) in [7, 11) is -3.25. The van der Waals surface area contributed by atoms with Gasteiger partial charge in [0, 0.05) is 26.2 Å². The number of morpholine rings is 1. The summed E-state index contributed by atoms with van der Waals surface area (Å²) in [6.45, 7) is 6.04. The molecule has 2 N–H and O–H groups in total. The SMILES string of the molecule is CC1CCCN(C(N)=NCCS(=O)(=O)N2CCOCC2)C1. The van der Waals surface area contributed by atoms with Gasteiger partial charge in [0.05, 0.1) is 25.5 Å². The van der Waals surface area contributed by atoms with Crippen LogP contribution < -0.4 is 5.73 Å². The van der Waals surface area contributed by atoms with Crippen molar-refractivity contribution >= 4 is 16.0 Å². The van der Waals surface area contributed by atoms with Crippen molar-refractivity contribution in [2.75, 3.05) is 51.7 Å². The predicted octanol–water partition coefficient (Wildman–Crippen LogP) is -0.305. The lowest BCUT2D eigenvalue weighted by Gasteiger charge is -2.31. The van der Waals surface area contributed by atoms with E-state index in [4.69, 9.17) is 10.5 Å². The van der Waals surface area contributed by atoms with E-state index in [1.165, 1.54) is 10.7 Å². The molecule has 0 aromatic rings. The highest BCUT2D eigenvalue weighted by Gasteiger charge is 2.24. The van der Waals surface area contributed by atoms with Crippen LogP contribution in [0.25, 0.3) is 0 Å². The molecule has 2 fully saturated rings. The number of sulfonamides is 1. The maximum atomic E-state index is 12.1. The van der Waals surface area contributed by atoms with Gasteiger partial charge in [0.1, 0.15) is 0 Å². The number of likely N-dealkylation sites (tertiary alicyclic amines) is 1. The molecule has 8 heteroatoms. The minimum atomic E-state index is -3.25. The number of ether oxygens (including phenoxy) is 1. The van der Waals surface area contributed by atoms with Crippen molar-refractivity contribution in [2.45, 2.75) is 19.8 Å². The van der Waals surface area contributed by atoms with Gasteiger partial charge in [-0.2, -0.15) is 4.31 Å². The molecule has 0 aromatic heterocycles. The molecule has 2 saturated heterocycles. The Morgan fingerprint density at radius 2 is 2.05 bits per heavy atom. The summed E-state index contributed by atoms with van der Waals surface area (Å²) >= 11 is 0. The average molecular weight is 318 g/mol. The molecular formula is C13H26N4O3S. The third kappa shape index (κ3) is 4.82. The number of hydrogen-bond donors (Lipinski definition) is 1. The summed E-state index contributed by atoms with van der Waals surface area (Å²) in [4.78, 5) is 6.30. The molecule has 0 bridgehead atoms. The van der Waals surface area contributed by atoms with Gasteiger partial charge in [0.2, 0.25) is 10.0 Å². The summed E-state index contributed by atoms with van der Waals surface area (Å²) in [5.74, 6) is 1.10. The molecule has 2 aliphatic heterocycles. The first-order chi connectivity index (χ1) is 9.99. The lowest BCUT2D eigenvalue weighted by Crippen LogP contribution is -2.44. The number of nitrogens with two attached hydrogens (primary N) is 1. The van der Waals surface area contributed by atoms with Crippen LogP contribution in [0.4, 0.5) is 0 Å². The van der Waals surface area contributed by atoms with Crippen molar-refractivity contribution in [2.24, 2.45) is 16.6 Å². The van der Waals surface area contributed by atoms with Gasteiger partial charge in [-0.1, -0.05) is 6.92 Å². The summed E-state index contributed by atoms with van der Waals surface area (Å²) < 4.78 is 30.9. The van der Waals surface area contributed by atoms with Gasteiger partial charge < -0.3 is 15.4 Å². The molecule has 2 rings (SSSR count). The monoisotopic (exact) mass is 318 g/mol. The van der Waals surface area contributed by atoms with Crippen molar-refractivity contribution in [3.8, 4) is 0 Å². The molecule has 0 spiro atoms. The van der Waals surface area contributed by atoms with E-state index in [0.29, 0.717) is 38.2 Å². The number of nitrogens with zero attached hydrogens (tertiary/aromatic N) is 3. The molecule has 1 atom stereocenters. The van der Waals surface area contributed by atoms with Crippen LogP contribution in [0.1, 0.15) is 19.8 Å². The Balaban J connectivity index is 1.82. The molecule has 0 aliphatic carbocycles. The van der Waals surface area contributed by atoms with Gasteiger partial charge in [-0.15, -0.1) is 0 Å². The molecule has 0 saturated carbocycles. The minimum absolute atomic E-state index is 0.0110. The third-order valence-corrected chi connectivity index (χ3v) is 5.82. The second kappa shape index (κ2) is 7.42. The van der Waals surface area contributed by atoms with E-state index in [0.717, 1.165) is 19.5 Å². The van der Waals surface area contributed by atoms with Crippen LogP contribution >= 0.6 is 0 Å². The van der Waals surface area contributed by atoms with Crippen molar-refractivity contribution in [1.29, 1.82) is 0 Å². The minimum Gasteiger partial charge on any atom is -0.379 e. The standard InChI is InChI=1S/C13H26N4O3S/c1-12-3-2-5-16(11-12)13(14)15-4-10-21(18,19)17-6-8-20-9-7-17/h12H,2-11H2,1H3,(H2,14,15). The van der Waals surface area contributed by atoms with Crippen LogP contribution in [-0.2, 0) is 14.8 Å². The first kappa shape index (κ1) is 16.5. The van der Waals surface area contributed by atoms with Gasteiger partial charge in [0.15, 0.2) is 5.96 Å². The van der Waals surface area contributed by atoms with E-state index >= 15 is 0 Å². The molecule has 0 amide bonds. The zero-order valence-electron chi connectivity index (χ0n) is 12.7. The van der Waals surface area contributed by atoms with Crippen molar-refractivity contribution in [1.82, 2.24) is 9.21 Å². The zero-order valence-corrected chi connectivity index (χ0v) is 13.5. The third-order valence-electron chi connectivity index (χ3n) is 3.97.